The van der Waals surface area contributed by atoms with Crippen molar-refractivity contribution in [3.63, 3.8) is 0 Å². The summed E-state index contributed by atoms with van der Waals surface area (Å²) in [6.45, 7) is -0.415. The van der Waals surface area contributed by atoms with Crippen molar-refractivity contribution in [1.82, 2.24) is 10.8 Å². The average Bonchev–Trinajstić information content (AvgIpc) is 1.87. The van der Waals surface area contributed by atoms with Gasteiger partial charge in [-0.2, -0.15) is 0 Å². The van der Waals surface area contributed by atoms with Crippen LogP contribution in [0.25, 0.3) is 0 Å². The van der Waals surface area contributed by atoms with E-state index in [1.807, 2.05) is 0 Å². The van der Waals surface area contributed by atoms with Gasteiger partial charge in [0.1, 0.15) is 0 Å². The Morgan fingerprint density at radius 1 is 1.80 bits per heavy atom. The molecule has 0 aromatic rings. The van der Waals surface area contributed by atoms with Crippen LogP contribution in [0.4, 0.5) is 0 Å². The van der Waals surface area contributed by atoms with E-state index in [4.69, 9.17) is 5.11 Å². The number of carboxylic acid groups (broad SMARTS) is 1. The summed E-state index contributed by atoms with van der Waals surface area (Å²) >= 11 is 4.57. The number of rotatable bonds is 3. The van der Waals surface area contributed by atoms with Crippen LogP contribution < -0.4 is 10.8 Å². The normalized spacial score (nSPS) is 8.50. The third-order valence-electron chi connectivity index (χ3n) is 0.588. The Balaban J connectivity index is 3.20. The molecule has 0 bridgehead atoms. The molecule has 10 heavy (non-hydrogen) atoms. The number of hydrogen-bond donors (Lipinski definition) is 3. The molecule has 0 atom stereocenters. The van der Waals surface area contributed by atoms with Crippen molar-refractivity contribution in [1.29, 1.82) is 0 Å². The number of carbonyl (C=O) groups is 1. The second-order valence-corrected chi connectivity index (χ2v) is 1.77. The Labute approximate surface area is 63.3 Å². The first-order valence-electron chi connectivity index (χ1n) is 2.48. The predicted octanol–water partition coefficient (Wildman–Crippen LogP) is -0.904. The lowest BCUT2D eigenvalue weighted by Gasteiger charge is -2.03. The van der Waals surface area contributed by atoms with E-state index in [9.17, 15) is 4.79 Å². The molecule has 0 amide bonds. The minimum absolute atomic E-state index is 0.251. The zero-order valence-corrected chi connectivity index (χ0v) is 6.20. The lowest BCUT2D eigenvalue weighted by atomic mass is 10.8. The summed E-state index contributed by atoms with van der Waals surface area (Å²) in [5.74, 6) is -1.05. The predicted molar refractivity (Wildman–Crippen MR) is 38.4 cm³/mol. The largest absolute Gasteiger partial charge is 0.479 e. The van der Waals surface area contributed by atoms with Crippen molar-refractivity contribution in [3.8, 4) is 0 Å². The van der Waals surface area contributed by atoms with E-state index in [-0.39, 0.29) is 5.11 Å². The maximum Gasteiger partial charge on any atom is 0.332 e. The van der Waals surface area contributed by atoms with Gasteiger partial charge in [-0.1, -0.05) is 0 Å². The number of thiocarbonyl (C=S) groups is 1. The van der Waals surface area contributed by atoms with E-state index in [1.165, 1.54) is 0 Å². The lowest BCUT2D eigenvalue weighted by molar-refractivity contribution is -0.143. The first kappa shape index (κ1) is 9.12. The molecule has 0 radical (unpaired) electrons. The number of carboxylic acids is 1. The topological polar surface area (TPSA) is 70.6 Å². The van der Waals surface area contributed by atoms with Crippen molar-refractivity contribution in [2.24, 2.45) is 0 Å². The molecular formula is C4H8N2O3S. The van der Waals surface area contributed by atoms with Gasteiger partial charge in [0.05, 0.1) is 0 Å². The maximum absolute atomic E-state index is 9.84. The van der Waals surface area contributed by atoms with Gasteiger partial charge < -0.3 is 10.4 Å². The highest BCUT2D eigenvalue weighted by Gasteiger charge is 1.95. The van der Waals surface area contributed by atoms with Crippen molar-refractivity contribution in [2.75, 3.05) is 13.7 Å². The molecule has 0 saturated heterocycles. The smallest absolute Gasteiger partial charge is 0.332 e. The second kappa shape index (κ2) is 4.95. The molecule has 3 N–H and O–H groups in total. The molecule has 0 heterocycles. The monoisotopic (exact) mass is 164 g/mol. The Morgan fingerprint density at radius 3 is 2.80 bits per heavy atom. The molecule has 0 spiro atoms. The Hall–Kier alpha value is -0.880. The summed E-state index contributed by atoms with van der Waals surface area (Å²) < 4.78 is 0. The Bertz CT molecular complexity index is 138. The highest BCUT2D eigenvalue weighted by molar-refractivity contribution is 7.80. The highest BCUT2D eigenvalue weighted by Crippen LogP contribution is 1.68. The molecule has 0 aliphatic rings. The minimum atomic E-state index is -1.05. The average molecular weight is 164 g/mol. The van der Waals surface area contributed by atoms with E-state index in [1.54, 1.807) is 7.05 Å². The lowest BCUT2D eigenvalue weighted by Crippen LogP contribution is -2.33. The van der Waals surface area contributed by atoms with Gasteiger partial charge in [0.2, 0.25) is 0 Å². The third kappa shape index (κ3) is 5.26. The minimum Gasteiger partial charge on any atom is -0.479 e. The second-order valence-electron chi connectivity index (χ2n) is 1.36. The van der Waals surface area contributed by atoms with Gasteiger partial charge in [-0.25, -0.2) is 10.3 Å². The third-order valence-corrected chi connectivity index (χ3v) is 0.875. The summed E-state index contributed by atoms with van der Waals surface area (Å²) in [4.78, 5) is 14.2. The number of aliphatic carboxylic acids is 1. The summed E-state index contributed by atoms with van der Waals surface area (Å²) in [7, 11) is 1.60. The summed E-state index contributed by atoms with van der Waals surface area (Å²) in [6, 6.07) is 0. The zero-order valence-electron chi connectivity index (χ0n) is 5.38. The first-order chi connectivity index (χ1) is 4.66. The molecule has 0 unspecified atom stereocenters. The van der Waals surface area contributed by atoms with Gasteiger partial charge in [-0.15, -0.1) is 0 Å². The van der Waals surface area contributed by atoms with Crippen LogP contribution in [0.1, 0.15) is 0 Å². The highest BCUT2D eigenvalue weighted by atomic mass is 32.1. The van der Waals surface area contributed by atoms with Crippen LogP contribution in [0.3, 0.4) is 0 Å². The Kier molecular flexibility index (Phi) is 4.51. The standard InChI is InChI=1S/C4H8N2O3S/c1-5-4(10)6-9-2-3(7)8/h2H2,1H3,(H,7,8)(H2,5,6,10). The number of nitrogens with one attached hydrogen (secondary N) is 2. The van der Waals surface area contributed by atoms with Crippen LogP contribution in [-0.4, -0.2) is 29.8 Å². The summed E-state index contributed by atoms with van der Waals surface area (Å²) in [5, 5.41) is 10.9. The van der Waals surface area contributed by atoms with Crippen LogP contribution >= 0.6 is 12.2 Å². The zero-order chi connectivity index (χ0) is 7.98. The van der Waals surface area contributed by atoms with Gasteiger partial charge in [0.15, 0.2) is 11.7 Å². The Morgan fingerprint density at radius 2 is 2.40 bits per heavy atom. The molecule has 0 saturated carbocycles. The fraction of sp³-hybridized carbons (Fsp3) is 0.500. The van der Waals surface area contributed by atoms with Crippen LogP contribution in [0.15, 0.2) is 0 Å². The van der Waals surface area contributed by atoms with E-state index >= 15 is 0 Å². The van der Waals surface area contributed by atoms with Crippen LogP contribution in [0.5, 0.6) is 0 Å². The molecule has 5 nitrogen and oxygen atoms in total. The van der Waals surface area contributed by atoms with Gasteiger partial charge in [0.25, 0.3) is 0 Å². The molecule has 58 valence electrons. The molecule has 0 aliphatic heterocycles. The van der Waals surface area contributed by atoms with Gasteiger partial charge in [0, 0.05) is 7.05 Å². The molecule has 0 aromatic heterocycles. The maximum atomic E-state index is 9.84. The summed E-state index contributed by atoms with van der Waals surface area (Å²) in [5.41, 5.74) is 2.20. The van der Waals surface area contributed by atoms with Crippen molar-refractivity contribution in [2.45, 2.75) is 0 Å². The fourth-order valence-electron chi connectivity index (χ4n) is 0.214. The van der Waals surface area contributed by atoms with Crippen molar-refractivity contribution >= 4 is 23.3 Å². The molecule has 6 heteroatoms. The quantitative estimate of drug-likeness (QED) is 0.371. The first-order valence-corrected chi connectivity index (χ1v) is 2.89. The SMILES string of the molecule is CNC(=S)NOCC(=O)O. The number of hydrogen-bond acceptors (Lipinski definition) is 3. The van der Waals surface area contributed by atoms with Gasteiger partial charge in [-0.05, 0) is 12.2 Å². The number of hydroxylamine groups is 1. The van der Waals surface area contributed by atoms with Crippen molar-refractivity contribution in [3.05, 3.63) is 0 Å². The molecule has 0 rings (SSSR count). The van der Waals surface area contributed by atoms with Crippen LogP contribution in [0, 0.1) is 0 Å². The molecule has 0 aliphatic carbocycles. The van der Waals surface area contributed by atoms with E-state index < -0.39 is 12.6 Å². The van der Waals surface area contributed by atoms with Gasteiger partial charge in [-0.3, -0.25) is 4.84 Å². The van der Waals surface area contributed by atoms with Crippen LogP contribution in [0.2, 0.25) is 0 Å². The van der Waals surface area contributed by atoms with Crippen LogP contribution in [-0.2, 0) is 9.63 Å². The molecule has 0 fully saturated rings. The van der Waals surface area contributed by atoms with E-state index in [0.717, 1.165) is 0 Å². The summed E-state index contributed by atoms with van der Waals surface area (Å²) in [6.07, 6.45) is 0. The van der Waals surface area contributed by atoms with E-state index in [2.05, 4.69) is 27.9 Å². The van der Waals surface area contributed by atoms with Gasteiger partial charge >= 0.3 is 5.97 Å². The van der Waals surface area contributed by atoms with E-state index in [0.29, 0.717) is 0 Å². The molecular weight excluding hydrogens is 156 g/mol. The van der Waals surface area contributed by atoms with Crippen molar-refractivity contribution < 1.29 is 14.7 Å². The molecule has 0 aromatic carbocycles. The fourth-order valence-corrected chi connectivity index (χ4v) is 0.273.